The molecule has 0 saturated carbocycles. The lowest BCUT2D eigenvalue weighted by molar-refractivity contribution is -0.123. The Morgan fingerprint density at radius 2 is 2.16 bits per heavy atom. The van der Waals surface area contributed by atoms with Crippen LogP contribution < -0.4 is 10.1 Å². The van der Waals surface area contributed by atoms with Crippen LogP contribution in [0.4, 0.5) is 0 Å². The molecular formula is C19H26ClN3O2. The minimum atomic E-state index is -0.107. The second-order valence-electron chi connectivity index (χ2n) is 6.44. The van der Waals surface area contributed by atoms with E-state index in [2.05, 4.69) is 24.1 Å². The average molecular weight is 364 g/mol. The number of aryl methyl sites for hydroxylation is 2. The topological polar surface area (TPSA) is 56.1 Å². The van der Waals surface area contributed by atoms with Gasteiger partial charge in [-0.3, -0.25) is 4.79 Å². The third-order valence-corrected chi connectivity index (χ3v) is 4.40. The quantitative estimate of drug-likeness (QED) is 0.686. The predicted molar refractivity (Wildman–Crippen MR) is 100 cm³/mol. The number of carbonyl (C=O) groups excluding carboxylic acids is 1. The Balaban J connectivity index is 1.73. The van der Waals surface area contributed by atoms with Gasteiger partial charge in [-0.25, -0.2) is 4.98 Å². The van der Waals surface area contributed by atoms with Crippen molar-refractivity contribution in [1.29, 1.82) is 0 Å². The summed E-state index contributed by atoms with van der Waals surface area (Å²) in [4.78, 5) is 16.0. The van der Waals surface area contributed by atoms with E-state index in [0.717, 1.165) is 41.3 Å². The van der Waals surface area contributed by atoms with Crippen molar-refractivity contribution < 1.29 is 9.53 Å². The van der Waals surface area contributed by atoms with E-state index in [0.29, 0.717) is 6.54 Å². The second-order valence-corrected chi connectivity index (χ2v) is 6.85. The number of hydrogen-bond donors (Lipinski definition) is 1. The number of nitrogens with zero attached hydrogens (tertiary/aromatic N) is 2. The van der Waals surface area contributed by atoms with Gasteiger partial charge in [0.2, 0.25) is 0 Å². The number of aromatic nitrogens is 2. The Morgan fingerprint density at radius 1 is 1.36 bits per heavy atom. The van der Waals surface area contributed by atoms with E-state index < -0.39 is 0 Å². The summed E-state index contributed by atoms with van der Waals surface area (Å²) in [7, 11) is 0. The van der Waals surface area contributed by atoms with Crippen LogP contribution in [0.2, 0.25) is 5.02 Å². The maximum Gasteiger partial charge on any atom is 0.257 e. The molecule has 0 saturated heterocycles. The minimum absolute atomic E-state index is 0.0162. The number of unbranched alkanes of at least 4 members (excludes halogenated alkanes) is 1. The summed E-state index contributed by atoms with van der Waals surface area (Å²) in [5, 5.41) is 3.61. The third kappa shape index (κ3) is 6.09. The summed E-state index contributed by atoms with van der Waals surface area (Å²) < 4.78 is 7.76. The Bertz CT molecular complexity index is 684. The molecule has 5 nitrogen and oxygen atoms in total. The molecule has 0 bridgehead atoms. The Hall–Kier alpha value is -2.01. The first-order chi connectivity index (χ1) is 12.0. The molecule has 6 heteroatoms. The van der Waals surface area contributed by atoms with Gasteiger partial charge in [-0.05, 0) is 48.9 Å². The van der Waals surface area contributed by atoms with Crippen LogP contribution in [0, 0.1) is 6.92 Å². The van der Waals surface area contributed by atoms with E-state index in [1.54, 1.807) is 12.5 Å². The van der Waals surface area contributed by atoms with E-state index in [1.165, 1.54) is 0 Å². The van der Waals surface area contributed by atoms with Gasteiger partial charge >= 0.3 is 0 Å². The number of benzene rings is 1. The molecule has 0 unspecified atom stereocenters. The predicted octanol–water partition coefficient (Wildman–Crippen LogP) is 3.94. The fraction of sp³-hybridized carbons (Fsp3) is 0.474. The van der Waals surface area contributed by atoms with E-state index in [9.17, 15) is 4.79 Å². The van der Waals surface area contributed by atoms with Gasteiger partial charge in [0.1, 0.15) is 5.75 Å². The lowest BCUT2D eigenvalue weighted by Gasteiger charge is -2.16. The molecule has 0 fully saturated rings. The molecule has 0 spiro atoms. The normalized spacial score (nSPS) is 10.9. The summed E-state index contributed by atoms with van der Waals surface area (Å²) in [5.74, 6) is 0.899. The number of imidazole rings is 1. The fourth-order valence-corrected chi connectivity index (χ4v) is 2.68. The summed E-state index contributed by atoms with van der Waals surface area (Å²) >= 11 is 6.19. The van der Waals surface area contributed by atoms with Gasteiger partial charge in [0.05, 0.1) is 6.33 Å². The van der Waals surface area contributed by atoms with Crippen molar-refractivity contribution in [3.63, 3.8) is 0 Å². The summed E-state index contributed by atoms with van der Waals surface area (Å²) in [6, 6.07) is 3.82. The summed E-state index contributed by atoms with van der Waals surface area (Å²) in [6.07, 6.45) is 7.41. The molecule has 25 heavy (non-hydrogen) atoms. The molecule has 0 aliphatic heterocycles. The Morgan fingerprint density at radius 3 is 2.84 bits per heavy atom. The van der Waals surface area contributed by atoms with Gasteiger partial charge in [-0.1, -0.05) is 25.4 Å². The third-order valence-electron chi connectivity index (χ3n) is 4.00. The van der Waals surface area contributed by atoms with E-state index >= 15 is 0 Å². The van der Waals surface area contributed by atoms with E-state index in [-0.39, 0.29) is 18.4 Å². The molecule has 0 atom stereocenters. The van der Waals surface area contributed by atoms with E-state index in [4.69, 9.17) is 16.3 Å². The molecule has 0 aliphatic carbocycles. The molecule has 136 valence electrons. The number of amides is 1. The van der Waals surface area contributed by atoms with Gasteiger partial charge in [0.15, 0.2) is 6.61 Å². The van der Waals surface area contributed by atoms with Crippen molar-refractivity contribution in [2.45, 2.75) is 46.1 Å². The summed E-state index contributed by atoms with van der Waals surface area (Å²) in [5.41, 5.74) is 1.96. The highest BCUT2D eigenvalue weighted by atomic mass is 35.5. The lowest BCUT2D eigenvalue weighted by Crippen LogP contribution is -2.30. The van der Waals surface area contributed by atoms with Gasteiger partial charge in [-0.15, -0.1) is 0 Å². The van der Waals surface area contributed by atoms with Crippen LogP contribution in [0.5, 0.6) is 5.75 Å². The highest BCUT2D eigenvalue weighted by Crippen LogP contribution is 2.31. The van der Waals surface area contributed by atoms with Gasteiger partial charge < -0.3 is 14.6 Å². The number of halogens is 1. The van der Waals surface area contributed by atoms with Crippen LogP contribution in [-0.4, -0.2) is 28.6 Å². The highest BCUT2D eigenvalue weighted by Gasteiger charge is 2.12. The molecule has 2 aromatic rings. The average Bonchev–Trinajstić information content (AvgIpc) is 3.08. The monoisotopic (exact) mass is 363 g/mol. The molecule has 1 N–H and O–H groups in total. The van der Waals surface area contributed by atoms with Crippen LogP contribution in [0.1, 0.15) is 43.7 Å². The van der Waals surface area contributed by atoms with Crippen LogP contribution in [0.3, 0.4) is 0 Å². The first-order valence-corrected chi connectivity index (χ1v) is 9.00. The first-order valence-electron chi connectivity index (χ1n) is 8.62. The standard InChI is InChI=1S/C19H26ClN3O2/c1-14(2)16-11-17(20)15(3)10-18(16)25-12-19(24)22-6-4-5-8-23-9-7-21-13-23/h7,9-11,13-14H,4-6,8,12H2,1-3H3,(H,22,24). The maximum absolute atomic E-state index is 12.0. The number of ether oxygens (including phenoxy) is 1. The van der Waals surface area contributed by atoms with Gasteiger partial charge in [-0.2, -0.15) is 0 Å². The van der Waals surface area contributed by atoms with Crippen molar-refractivity contribution in [2.24, 2.45) is 0 Å². The number of hydrogen-bond acceptors (Lipinski definition) is 3. The lowest BCUT2D eigenvalue weighted by atomic mass is 10.0. The molecule has 1 aromatic carbocycles. The number of rotatable bonds is 9. The molecule has 0 radical (unpaired) electrons. The smallest absolute Gasteiger partial charge is 0.257 e. The van der Waals surface area contributed by atoms with Crippen molar-refractivity contribution in [1.82, 2.24) is 14.9 Å². The SMILES string of the molecule is Cc1cc(OCC(=O)NCCCCn2ccnc2)c(C(C)C)cc1Cl. The van der Waals surface area contributed by atoms with Gasteiger partial charge in [0.25, 0.3) is 5.91 Å². The van der Waals surface area contributed by atoms with Crippen LogP contribution in [0.15, 0.2) is 30.9 Å². The number of carbonyl (C=O) groups is 1. The largest absolute Gasteiger partial charge is 0.483 e. The zero-order valence-corrected chi connectivity index (χ0v) is 15.8. The van der Waals surface area contributed by atoms with Crippen molar-refractivity contribution in [3.05, 3.63) is 47.0 Å². The van der Waals surface area contributed by atoms with Crippen LogP contribution >= 0.6 is 11.6 Å². The zero-order valence-electron chi connectivity index (χ0n) is 15.1. The van der Waals surface area contributed by atoms with Crippen LogP contribution in [0.25, 0.3) is 0 Å². The highest BCUT2D eigenvalue weighted by molar-refractivity contribution is 6.31. The molecule has 2 rings (SSSR count). The van der Waals surface area contributed by atoms with Crippen LogP contribution in [-0.2, 0) is 11.3 Å². The summed E-state index contributed by atoms with van der Waals surface area (Å²) in [6.45, 7) is 7.66. The number of nitrogens with one attached hydrogen (secondary N) is 1. The minimum Gasteiger partial charge on any atom is -0.483 e. The van der Waals surface area contributed by atoms with Crippen molar-refractivity contribution in [2.75, 3.05) is 13.2 Å². The zero-order chi connectivity index (χ0) is 18.2. The maximum atomic E-state index is 12.0. The molecule has 0 aliphatic rings. The molecular weight excluding hydrogens is 338 g/mol. The van der Waals surface area contributed by atoms with Gasteiger partial charge in [0, 0.05) is 30.5 Å². The van der Waals surface area contributed by atoms with Crippen molar-refractivity contribution >= 4 is 17.5 Å². The Labute approximate surface area is 154 Å². The van der Waals surface area contributed by atoms with Crippen molar-refractivity contribution in [3.8, 4) is 5.75 Å². The Kier molecular flexibility index (Phi) is 7.31. The molecule has 1 heterocycles. The fourth-order valence-electron chi connectivity index (χ4n) is 2.51. The molecule has 1 amide bonds. The first kappa shape index (κ1) is 19.3. The molecule has 1 aromatic heterocycles. The van der Waals surface area contributed by atoms with E-state index in [1.807, 2.05) is 29.8 Å². The second kappa shape index (κ2) is 9.47.